The van der Waals surface area contributed by atoms with Crippen LogP contribution in [0.4, 0.5) is 11.4 Å². The summed E-state index contributed by atoms with van der Waals surface area (Å²) >= 11 is 0. The summed E-state index contributed by atoms with van der Waals surface area (Å²) in [5, 5.41) is 25.9. The minimum Gasteiger partial charge on any atom is -0.504 e. The highest BCUT2D eigenvalue weighted by atomic mass is 16.5. The first-order valence-corrected chi connectivity index (χ1v) is 12.1. The Labute approximate surface area is 216 Å². The van der Waals surface area contributed by atoms with E-state index in [0.29, 0.717) is 22.5 Å². The molecule has 3 aliphatic rings. The molecule has 38 heavy (non-hydrogen) atoms. The van der Waals surface area contributed by atoms with Gasteiger partial charge < -0.3 is 20.3 Å². The number of carbonyl (C=O) groups excluding carboxylic acids is 4. The monoisotopic (exact) mass is 513 g/mol. The van der Waals surface area contributed by atoms with Gasteiger partial charge >= 0.3 is 5.97 Å². The standard InChI is InChI=1S/C28H23N3O7/c1-14(32)38-17-9-7-16(8-10-17)31-25(35)23-20(12-15-6-11-21(33)22(34)13-15)30-28(24(23)26(31)36)18-4-2-3-5-19(18)29-27(28)37/h2-11,13,20,23-24,30,33-34H,12H2,1H3,(H,29,37)/t20-,23+,24-,28-/m0/s1. The number of amides is 3. The van der Waals surface area contributed by atoms with Gasteiger partial charge in [-0.3, -0.25) is 24.5 Å². The van der Waals surface area contributed by atoms with Crippen LogP contribution in [0.3, 0.4) is 0 Å². The molecule has 10 nitrogen and oxygen atoms in total. The number of benzene rings is 3. The second-order valence-electron chi connectivity index (χ2n) is 9.69. The fraction of sp³-hybridized carbons (Fsp3) is 0.214. The summed E-state index contributed by atoms with van der Waals surface area (Å²) in [7, 11) is 0. The van der Waals surface area contributed by atoms with E-state index in [1.54, 1.807) is 30.3 Å². The van der Waals surface area contributed by atoms with Crippen molar-refractivity contribution in [1.29, 1.82) is 0 Å². The van der Waals surface area contributed by atoms with Crippen molar-refractivity contribution in [2.75, 3.05) is 10.2 Å². The van der Waals surface area contributed by atoms with Gasteiger partial charge in [0.05, 0.1) is 17.5 Å². The SMILES string of the molecule is CC(=O)Oc1ccc(N2C(=O)[C@@H]3[C@H](Cc4ccc(O)c(O)c4)N[C@]4(C(=O)Nc5ccccc54)[C@@H]3C2=O)cc1. The summed E-state index contributed by atoms with van der Waals surface area (Å²) in [4.78, 5) is 53.8. The number of hydrogen-bond donors (Lipinski definition) is 4. The zero-order valence-corrected chi connectivity index (χ0v) is 20.2. The van der Waals surface area contributed by atoms with Crippen molar-refractivity contribution in [3.63, 3.8) is 0 Å². The average molecular weight is 514 g/mol. The number of rotatable bonds is 4. The van der Waals surface area contributed by atoms with Crippen LogP contribution in [0.5, 0.6) is 17.2 Å². The number of phenolic OH excluding ortho intramolecular Hbond substituents is 2. The highest BCUT2D eigenvalue weighted by molar-refractivity contribution is 6.25. The number of nitrogens with one attached hydrogen (secondary N) is 2. The lowest BCUT2D eigenvalue weighted by molar-refractivity contribution is -0.132. The topological polar surface area (TPSA) is 145 Å². The zero-order chi connectivity index (χ0) is 26.8. The number of phenols is 2. The maximum atomic E-state index is 14.0. The Balaban J connectivity index is 1.44. The predicted octanol–water partition coefficient (Wildman–Crippen LogP) is 2.19. The molecule has 0 aliphatic carbocycles. The largest absolute Gasteiger partial charge is 0.504 e. The normalized spacial score (nSPS) is 25.4. The first kappa shape index (κ1) is 23.7. The zero-order valence-electron chi connectivity index (χ0n) is 20.2. The molecule has 3 heterocycles. The average Bonchev–Trinajstić information content (AvgIpc) is 3.46. The Bertz CT molecular complexity index is 1520. The molecule has 10 heteroatoms. The van der Waals surface area contributed by atoms with E-state index in [4.69, 9.17) is 4.74 Å². The van der Waals surface area contributed by atoms with Crippen LogP contribution in [0.25, 0.3) is 0 Å². The van der Waals surface area contributed by atoms with Crippen molar-refractivity contribution in [1.82, 2.24) is 5.32 Å². The smallest absolute Gasteiger partial charge is 0.308 e. The summed E-state index contributed by atoms with van der Waals surface area (Å²) in [6, 6.07) is 16.8. The lowest BCUT2D eigenvalue weighted by Crippen LogP contribution is -2.53. The van der Waals surface area contributed by atoms with E-state index in [0.717, 1.165) is 4.90 Å². The van der Waals surface area contributed by atoms with Crippen LogP contribution in [0.15, 0.2) is 66.7 Å². The first-order chi connectivity index (χ1) is 18.2. The van der Waals surface area contributed by atoms with Crippen molar-refractivity contribution < 1.29 is 34.1 Å². The number of anilines is 2. The van der Waals surface area contributed by atoms with Crippen LogP contribution in [0.2, 0.25) is 0 Å². The lowest BCUT2D eigenvalue weighted by Gasteiger charge is -2.29. The second kappa shape index (κ2) is 8.42. The summed E-state index contributed by atoms with van der Waals surface area (Å²) in [6.07, 6.45) is 0.213. The van der Waals surface area contributed by atoms with E-state index in [-0.39, 0.29) is 23.7 Å². The van der Waals surface area contributed by atoms with Crippen molar-refractivity contribution in [2.45, 2.75) is 24.9 Å². The molecule has 0 bridgehead atoms. The highest BCUT2D eigenvalue weighted by Gasteiger charge is 2.70. The number of aromatic hydroxyl groups is 2. The van der Waals surface area contributed by atoms with Gasteiger partial charge in [0.2, 0.25) is 17.7 Å². The van der Waals surface area contributed by atoms with E-state index in [2.05, 4.69) is 10.6 Å². The maximum absolute atomic E-state index is 14.0. The number of imide groups is 1. The summed E-state index contributed by atoms with van der Waals surface area (Å²) < 4.78 is 5.06. The number of nitrogens with zero attached hydrogens (tertiary/aromatic N) is 1. The fourth-order valence-corrected chi connectivity index (χ4v) is 5.97. The van der Waals surface area contributed by atoms with Crippen LogP contribution >= 0.6 is 0 Å². The minimum absolute atomic E-state index is 0.213. The lowest BCUT2D eigenvalue weighted by atomic mass is 9.76. The molecule has 3 aromatic rings. The minimum atomic E-state index is -1.47. The summed E-state index contributed by atoms with van der Waals surface area (Å²) in [5.41, 5.74) is 0.600. The number of esters is 1. The van der Waals surface area contributed by atoms with Gasteiger partial charge in [0.15, 0.2) is 11.5 Å². The second-order valence-corrected chi connectivity index (χ2v) is 9.69. The molecule has 0 saturated carbocycles. The molecule has 2 fully saturated rings. The molecular weight excluding hydrogens is 490 g/mol. The number of fused-ring (bicyclic) bond motifs is 4. The van der Waals surface area contributed by atoms with Gasteiger partial charge in [0.25, 0.3) is 0 Å². The van der Waals surface area contributed by atoms with Crippen LogP contribution in [0, 0.1) is 11.8 Å². The fourth-order valence-electron chi connectivity index (χ4n) is 5.97. The maximum Gasteiger partial charge on any atom is 0.308 e. The van der Waals surface area contributed by atoms with Gasteiger partial charge in [-0.05, 0) is 54.4 Å². The third kappa shape index (κ3) is 3.37. The Hall–Kier alpha value is -4.70. The molecule has 6 rings (SSSR count). The quantitative estimate of drug-likeness (QED) is 0.180. The highest BCUT2D eigenvalue weighted by Crippen LogP contribution is 2.54. The Morgan fingerprint density at radius 3 is 2.42 bits per heavy atom. The van der Waals surface area contributed by atoms with Crippen molar-refractivity contribution in [3.05, 3.63) is 77.9 Å². The predicted molar refractivity (Wildman–Crippen MR) is 134 cm³/mol. The van der Waals surface area contributed by atoms with Crippen LogP contribution < -0.4 is 20.3 Å². The van der Waals surface area contributed by atoms with Gasteiger partial charge in [0.1, 0.15) is 11.3 Å². The molecule has 2 saturated heterocycles. The summed E-state index contributed by atoms with van der Waals surface area (Å²) in [6.45, 7) is 1.27. The van der Waals surface area contributed by atoms with Gasteiger partial charge in [-0.1, -0.05) is 24.3 Å². The molecule has 192 valence electrons. The molecule has 0 radical (unpaired) electrons. The third-order valence-corrected chi connectivity index (χ3v) is 7.47. The molecule has 3 aromatic carbocycles. The molecule has 0 aromatic heterocycles. The third-order valence-electron chi connectivity index (χ3n) is 7.47. The molecule has 4 atom stereocenters. The molecule has 1 spiro atoms. The Morgan fingerprint density at radius 1 is 0.974 bits per heavy atom. The van der Waals surface area contributed by atoms with Crippen LogP contribution in [-0.2, 0) is 31.1 Å². The van der Waals surface area contributed by atoms with E-state index < -0.39 is 47.1 Å². The summed E-state index contributed by atoms with van der Waals surface area (Å²) in [5.74, 6) is -4.12. The van der Waals surface area contributed by atoms with Crippen molar-refractivity contribution in [3.8, 4) is 17.2 Å². The Kier molecular flexibility index (Phi) is 5.25. The number of ether oxygens (including phenoxy) is 1. The van der Waals surface area contributed by atoms with Gasteiger partial charge in [-0.2, -0.15) is 0 Å². The van der Waals surface area contributed by atoms with E-state index in [1.165, 1.54) is 43.3 Å². The van der Waals surface area contributed by atoms with E-state index in [1.807, 2.05) is 0 Å². The molecule has 3 aliphatic heterocycles. The van der Waals surface area contributed by atoms with Crippen molar-refractivity contribution >= 4 is 35.1 Å². The van der Waals surface area contributed by atoms with Crippen LogP contribution in [-0.4, -0.2) is 39.9 Å². The van der Waals surface area contributed by atoms with Crippen LogP contribution in [0.1, 0.15) is 18.1 Å². The number of hydrogen-bond acceptors (Lipinski definition) is 8. The van der Waals surface area contributed by atoms with E-state index in [9.17, 15) is 29.4 Å². The van der Waals surface area contributed by atoms with Gasteiger partial charge in [-0.15, -0.1) is 0 Å². The van der Waals surface area contributed by atoms with E-state index >= 15 is 0 Å². The number of carbonyl (C=O) groups is 4. The molecule has 4 N–H and O–H groups in total. The molecule has 0 unspecified atom stereocenters. The van der Waals surface area contributed by atoms with Crippen molar-refractivity contribution in [2.24, 2.45) is 11.8 Å². The Morgan fingerprint density at radius 2 is 1.71 bits per heavy atom. The van der Waals surface area contributed by atoms with Gasteiger partial charge in [0, 0.05) is 24.2 Å². The molecular formula is C28H23N3O7. The van der Waals surface area contributed by atoms with Gasteiger partial charge in [-0.25, -0.2) is 4.90 Å². The first-order valence-electron chi connectivity index (χ1n) is 12.1. The number of para-hydroxylation sites is 1. The molecule has 3 amide bonds.